The van der Waals surface area contributed by atoms with Crippen LogP contribution < -0.4 is 0 Å². The molecule has 0 unspecified atom stereocenters. The van der Waals surface area contributed by atoms with Gasteiger partial charge < -0.3 is 4.42 Å². The van der Waals surface area contributed by atoms with Crippen molar-refractivity contribution in [3.8, 4) is 0 Å². The summed E-state index contributed by atoms with van der Waals surface area (Å²) in [6.07, 6.45) is 0.920. The molecule has 0 atom stereocenters. The molecular weight excluding hydrogens is 236 g/mol. The Balaban J connectivity index is 2.81. The van der Waals surface area contributed by atoms with Crippen LogP contribution in [0.5, 0.6) is 0 Å². The molecule has 7 nitrogen and oxygen atoms in total. The molecule has 0 fully saturated rings. The van der Waals surface area contributed by atoms with Crippen LogP contribution in [-0.4, -0.2) is 24.6 Å². The first kappa shape index (κ1) is 10.6. The smallest absolute Gasteiger partial charge is 0.316 e. The molecule has 0 bridgehead atoms. The Hall–Kier alpha value is -1.96. The highest BCUT2D eigenvalue weighted by atomic mass is 32.2. The first-order chi connectivity index (χ1) is 7.39. The summed E-state index contributed by atoms with van der Waals surface area (Å²) in [6, 6.07) is 4.05. The maximum absolute atomic E-state index is 11.2. The van der Waals surface area contributed by atoms with Gasteiger partial charge in [-0.05, 0) is 6.07 Å². The second-order valence-corrected chi connectivity index (χ2v) is 5.03. The van der Waals surface area contributed by atoms with Gasteiger partial charge in [0.2, 0.25) is 9.84 Å². The van der Waals surface area contributed by atoms with E-state index in [0.29, 0.717) is 0 Å². The van der Waals surface area contributed by atoms with E-state index in [1.165, 1.54) is 18.2 Å². The van der Waals surface area contributed by atoms with Crippen LogP contribution in [0.15, 0.2) is 27.8 Å². The predicted octanol–water partition coefficient (Wildman–Crippen LogP) is 1.14. The van der Waals surface area contributed by atoms with E-state index in [1.54, 1.807) is 0 Å². The van der Waals surface area contributed by atoms with Gasteiger partial charge in [-0.2, -0.15) is 4.98 Å². The van der Waals surface area contributed by atoms with Crippen molar-refractivity contribution in [3.05, 3.63) is 28.3 Å². The predicted molar refractivity (Wildman–Crippen MR) is 53.8 cm³/mol. The monoisotopic (exact) mass is 242 g/mol. The minimum atomic E-state index is -3.61. The van der Waals surface area contributed by atoms with Crippen molar-refractivity contribution in [3.63, 3.8) is 0 Å². The number of non-ortho nitro benzene ring substituents is 1. The molecule has 1 heterocycles. The Morgan fingerprint density at radius 2 is 2.12 bits per heavy atom. The molecule has 1 aromatic carbocycles. The molecule has 0 N–H and O–H groups in total. The number of rotatable bonds is 2. The molecule has 0 saturated heterocycles. The number of benzene rings is 1. The van der Waals surface area contributed by atoms with Gasteiger partial charge in [-0.25, -0.2) is 8.42 Å². The Morgan fingerprint density at radius 1 is 1.44 bits per heavy atom. The van der Waals surface area contributed by atoms with Crippen molar-refractivity contribution in [2.24, 2.45) is 0 Å². The van der Waals surface area contributed by atoms with Crippen LogP contribution in [0.4, 0.5) is 5.69 Å². The molecule has 84 valence electrons. The Labute approximate surface area is 89.8 Å². The highest BCUT2D eigenvalue weighted by Gasteiger charge is 2.21. The fourth-order valence-electron chi connectivity index (χ4n) is 1.22. The maximum atomic E-state index is 11.2. The normalized spacial score (nSPS) is 11.8. The van der Waals surface area contributed by atoms with E-state index >= 15 is 0 Å². The molecule has 1 aromatic heterocycles. The molecule has 0 aliphatic rings. The van der Waals surface area contributed by atoms with Crippen molar-refractivity contribution >= 4 is 26.6 Å². The molecule has 0 radical (unpaired) electrons. The largest absolute Gasteiger partial charge is 0.428 e. The zero-order valence-corrected chi connectivity index (χ0v) is 8.89. The van der Waals surface area contributed by atoms with Crippen LogP contribution in [0.25, 0.3) is 11.1 Å². The molecule has 0 aliphatic carbocycles. The van der Waals surface area contributed by atoms with Crippen LogP contribution in [0.3, 0.4) is 0 Å². The summed E-state index contributed by atoms with van der Waals surface area (Å²) in [5.41, 5.74) is -0.265. The number of para-hydroxylation sites is 1. The molecule has 16 heavy (non-hydrogen) atoms. The third-order valence-electron chi connectivity index (χ3n) is 1.89. The molecular formula is C8H6N2O5S. The first-order valence-electron chi connectivity index (χ1n) is 4.13. The van der Waals surface area contributed by atoms with Gasteiger partial charge in [0.05, 0.1) is 4.92 Å². The van der Waals surface area contributed by atoms with Crippen molar-refractivity contribution < 1.29 is 17.8 Å². The summed E-state index contributed by atoms with van der Waals surface area (Å²) < 4.78 is 27.2. The van der Waals surface area contributed by atoms with Crippen LogP contribution in [0.1, 0.15) is 0 Å². The summed E-state index contributed by atoms with van der Waals surface area (Å²) in [5.74, 6) is 0. The lowest BCUT2D eigenvalue weighted by Gasteiger charge is -1.88. The Kier molecular flexibility index (Phi) is 2.16. The number of sulfone groups is 1. The summed E-state index contributed by atoms with van der Waals surface area (Å²) in [5, 5.41) is 10.1. The van der Waals surface area contributed by atoms with Crippen LogP contribution in [-0.2, 0) is 9.84 Å². The zero-order chi connectivity index (χ0) is 11.9. The van der Waals surface area contributed by atoms with Gasteiger partial charge in [-0.15, -0.1) is 0 Å². The summed E-state index contributed by atoms with van der Waals surface area (Å²) in [6.45, 7) is 0. The lowest BCUT2D eigenvalue weighted by Crippen LogP contribution is -1.96. The van der Waals surface area contributed by atoms with E-state index in [0.717, 1.165) is 6.26 Å². The van der Waals surface area contributed by atoms with Crippen molar-refractivity contribution in [2.45, 2.75) is 5.22 Å². The third kappa shape index (κ3) is 1.63. The Bertz CT molecular complexity index is 673. The minimum Gasteiger partial charge on any atom is -0.428 e. The first-order valence-corrected chi connectivity index (χ1v) is 6.03. The molecule has 0 aliphatic heterocycles. The van der Waals surface area contributed by atoms with Crippen molar-refractivity contribution in [2.75, 3.05) is 6.26 Å². The van der Waals surface area contributed by atoms with Gasteiger partial charge in [0, 0.05) is 12.3 Å². The summed E-state index contributed by atoms with van der Waals surface area (Å²) >= 11 is 0. The number of nitro benzene ring substituents is 1. The second kappa shape index (κ2) is 3.27. The lowest BCUT2D eigenvalue weighted by molar-refractivity contribution is -0.383. The summed E-state index contributed by atoms with van der Waals surface area (Å²) in [7, 11) is -3.61. The number of nitrogens with zero attached hydrogens (tertiary/aromatic N) is 2. The topological polar surface area (TPSA) is 103 Å². The number of nitro groups is 1. The standard InChI is InChI=1S/C8H6N2O5S/c1-16(13,14)8-9-7-5(10(11)12)3-2-4-6(7)15-8/h2-4H,1H3. The van der Waals surface area contributed by atoms with Crippen molar-refractivity contribution in [1.29, 1.82) is 0 Å². The molecule has 8 heteroatoms. The molecule has 2 aromatic rings. The van der Waals surface area contributed by atoms with E-state index in [-0.39, 0.29) is 16.8 Å². The van der Waals surface area contributed by atoms with Gasteiger partial charge in [0.25, 0.3) is 5.69 Å². The Morgan fingerprint density at radius 3 is 2.69 bits per heavy atom. The van der Waals surface area contributed by atoms with E-state index in [2.05, 4.69) is 4.98 Å². The summed E-state index contributed by atoms with van der Waals surface area (Å²) in [4.78, 5) is 13.6. The zero-order valence-electron chi connectivity index (χ0n) is 8.08. The average molecular weight is 242 g/mol. The molecule has 0 saturated carbocycles. The third-order valence-corrected chi connectivity index (χ3v) is 2.70. The van der Waals surface area contributed by atoms with Crippen LogP contribution in [0, 0.1) is 10.1 Å². The lowest BCUT2D eigenvalue weighted by atomic mass is 10.3. The number of aromatic nitrogens is 1. The van der Waals surface area contributed by atoms with E-state index in [1.807, 2.05) is 0 Å². The molecule has 0 spiro atoms. The molecule has 2 rings (SSSR count). The number of oxazole rings is 1. The fraction of sp³-hybridized carbons (Fsp3) is 0.125. The van der Waals surface area contributed by atoms with Crippen molar-refractivity contribution in [1.82, 2.24) is 4.98 Å². The molecule has 0 amide bonds. The van der Waals surface area contributed by atoms with E-state index in [9.17, 15) is 18.5 Å². The van der Waals surface area contributed by atoms with Gasteiger partial charge in [0.15, 0.2) is 11.1 Å². The van der Waals surface area contributed by atoms with Gasteiger partial charge in [0.1, 0.15) is 0 Å². The average Bonchev–Trinajstić information content (AvgIpc) is 2.59. The fourth-order valence-corrected chi connectivity index (χ4v) is 1.72. The van der Waals surface area contributed by atoms with Gasteiger partial charge in [-0.1, -0.05) is 6.07 Å². The second-order valence-electron chi connectivity index (χ2n) is 3.13. The number of fused-ring (bicyclic) bond motifs is 1. The van der Waals surface area contributed by atoms with Gasteiger partial charge >= 0.3 is 5.22 Å². The maximum Gasteiger partial charge on any atom is 0.316 e. The van der Waals surface area contributed by atoms with Gasteiger partial charge in [-0.3, -0.25) is 10.1 Å². The van der Waals surface area contributed by atoms with E-state index < -0.39 is 20.0 Å². The minimum absolute atomic E-state index is 0.0621. The van der Waals surface area contributed by atoms with E-state index in [4.69, 9.17) is 4.42 Å². The van der Waals surface area contributed by atoms with Crippen LogP contribution >= 0.6 is 0 Å². The highest BCUT2D eigenvalue weighted by molar-refractivity contribution is 7.90. The quantitative estimate of drug-likeness (QED) is 0.577. The highest BCUT2D eigenvalue weighted by Crippen LogP contribution is 2.26. The number of hydrogen-bond donors (Lipinski definition) is 0. The number of hydrogen-bond acceptors (Lipinski definition) is 6. The van der Waals surface area contributed by atoms with Crippen LogP contribution in [0.2, 0.25) is 0 Å². The SMILES string of the molecule is CS(=O)(=O)c1nc2c([N+](=O)[O-])cccc2o1.